The van der Waals surface area contributed by atoms with Crippen LogP contribution in [0, 0.1) is 0 Å². The summed E-state index contributed by atoms with van der Waals surface area (Å²) >= 11 is -1.80. The van der Waals surface area contributed by atoms with E-state index in [-0.39, 0.29) is 31.5 Å². The van der Waals surface area contributed by atoms with Crippen LogP contribution in [0.5, 0.6) is 0 Å². The molecule has 6 rings (SSSR count). The molecule has 0 aliphatic heterocycles. The van der Waals surface area contributed by atoms with Crippen molar-refractivity contribution < 1.29 is 20.9 Å². The predicted octanol–water partition coefficient (Wildman–Crippen LogP) is 8.20. The van der Waals surface area contributed by atoms with Gasteiger partial charge in [-0.2, -0.15) is 0 Å². The molecule has 0 aromatic heterocycles. The molecule has 2 unspecified atom stereocenters. The Bertz CT molecular complexity index is 1310. The fourth-order valence-electron chi connectivity index (χ4n) is 6.12. The number of fused-ring (bicyclic) bond motifs is 6. The summed E-state index contributed by atoms with van der Waals surface area (Å²) in [6, 6.07) is 27.5. The number of rotatable bonds is 3. The zero-order valence-corrected chi connectivity index (χ0v) is 24.8. The van der Waals surface area contributed by atoms with Crippen LogP contribution in [0.3, 0.4) is 0 Å². The maximum Gasteiger partial charge on any atom is -0.147 e. The van der Waals surface area contributed by atoms with Crippen molar-refractivity contribution in [3.8, 4) is 0 Å². The molecule has 167 valence electrons. The van der Waals surface area contributed by atoms with Crippen molar-refractivity contribution in [3.63, 3.8) is 0 Å². The maximum absolute atomic E-state index is 2.60. The first kappa shape index (κ1) is 24.7. The molecule has 0 bridgehead atoms. The second-order valence-electron chi connectivity index (χ2n) is 9.15. The van der Waals surface area contributed by atoms with Gasteiger partial charge in [0, 0.05) is 0 Å². The van der Waals surface area contributed by atoms with E-state index < -0.39 is 20.9 Å². The van der Waals surface area contributed by atoms with Crippen molar-refractivity contribution in [1.82, 2.24) is 0 Å². The summed E-state index contributed by atoms with van der Waals surface area (Å²) in [6.45, 7) is 7.38. The van der Waals surface area contributed by atoms with Crippen LogP contribution in [0.1, 0.15) is 43.4 Å². The van der Waals surface area contributed by atoms with Gasteiger partial charge in [0.25, 0.3) is 0 Å². The van der Waals surface area contributed by atoms with Crippen molar-refractivity contribution in [2.24, 2.45) is 0 Å². The maximum atomic E-state index is 2.60. The average molecular weight is 568 g/mol. The van der Waals surface area contributed by atoms with E-state index in [1.807, 2.05) is 0 Å². The van der Waals surface area contributed by atoms with Crippen LogP contribution >= 0.6 is 24.8 Å². The van der Waals surface area contributed by atoms with Gasteiger partial charge < -0.3 is 0 Å². The predicted molar refractivity (Wildman–Crippen MR) is 150 cm³/mol. The molecular weight excluding hydrogens is 539 g/mol. The Morgan fingerprint density at radius 1 is 0.606 bits per heavy atom. The van der Waals surface area contributed by atoms with E-state index in [0.29, 0.717) is 0 Å². The monoisotopic (exact) mass is 565 g/mol. The third-order valence-corrected chi connectivity index (χ3v) is 26.5. The van der Waals surface area contributed by atoms with E-state index in [9.17, 15) is 0 Å². The van der Waals surface area contributed by atoms with Gasteiger partial charge in [0.1, 0.15) is 0 Å². The molecule has 0 saturated carbocycles. The fraction of sp³-hybridized carbons (Fsp3) is 0.172. The molecule has 4 aromatic rings. The van der Waals surface area contributed by atoms with Crippen LogP contribution in [0.25, 0.3) is 33.7 Å². The van der Waals surface area contributed by atoms with E-state index in [1.54, 1.807) is 22.3 Å². The number of allylic oxidation sites excluding steroid dienone is 2. The smallest absolute Gasteiger partial charge is 0.147 e. The van der Waals surface area contributed by atoms with Crippen LogP contribution in [0.4, 0.5) is 0 Å². The Morgan fingerprint density at radius 3 is 1.45 bits per heavy atom. The minimum Gasteiger partial charge on any atom is -0.147 e. The van der Waals surface area contributed by atoms with Crippen molar-refractivity contribution in [1.29, 1.82) is 0 Å². The van der Waals surface area contributed by atoms with E-state index in [4.69, 9.17) is 0 Å². The Kier molecular flexibility index (Phi) is 7.23. The molecule has 2 atom stereocenters. The van der Waals surface area contributed by atoms with Gasteiger partial charge in [0.2, 0.25) is 0 Å². The fourth-order valence-corrected chi connectivity index (χ4v) is 26.7. The van der Waals surface area contributed by atoms with Crippen LogP contribution in [-0.2, 0) is 20.9 Å². The zero-order valence-electron chi connectivity index (χ0n) is 19.3. The zero-order chi connectivity index (χ0) is 21.1. The minimum absolute atomic E-state index is 0. The van der Waals surface area contributed by atoms with Crippen molar-refractivity contribution in [3.05, 3.63) is 106 Å². The van der Waals surface area contributed by atoms with Gasteiger partial charge >= 0.3 is 195 Å². The first-order chi connectivity index (χ1) is 15.2. The van der Waals surface area contributed by atoms with Crippen LogP contribution in [0.15, 0.2) is 83.9 Å². The SMILES string of the molecule is C[SiH2][Zr]([CH]1C(C)=Cc2c1ccc1ccccc21)[CH]1C(C)=Cc2c1ccc1ccccc21.Cl.Cl. The van der Waals surface area contributed by atoms with Gasteiger partial charge in [0.15, 0.2) is 0 Å². The normalized spacial score (nSPS) is 18.5. The number of benzene rings is 4. The van der Waals surface area contributed by atoms with E-state index >= 15 is 0 Å². The summed E-state index contributed by atoms with van der Waals surface area (Å²) in [6.07, 6.45) is 5.06. The van der Waals surface area contributed by atoms with Gasteiger partial charge in [0.05, 0.1) is 0 Å². The second-order valence-corrected chi connectivity index (χ2v) is 25.6. The number of hydrogen-bond acceptors (Lipinski definition) is 0. The minimum atomic E-state index is -1.80. The summed E-state index contributed by atoms with van der Waals surface area (Å²) in [7, 11) is 0. The second kappa shape index (κ2) is 9.67. The largest absolute Gasteiger partial charge is 0.147 e. The van der Waals surface area contributed by atoms with Crippen LogP contribution in [-0.4, -0.2) is 6.65 Å². The van der Waals surface area contributed by atoms with Gasteiger partial charge in [-0.15, -0.1) is 24.8 Å². The molecule has 0 fully saturated rings. The molecule has 4 aromatic carbocycles. The standard InChI is InChI=1S/2C14H11.CH5Si.2ClH.Zr/c2*1-10-8-12-7-6-11-4-2-3-5-13(11)14(12)9-10;1-2;;;/h2*2-9H,1H3;2H2,1H3;2*1H;. The third-order valence-electron chi connectivity index (χ3n) is 7.44. The van der Waals surface area contributed by atoms with E-state index in [1.165, 1.54) is 32.7 Å². The Balaban J connectivity index is 0.00000130. The Morgan fingerprint density at radius 2 is 1.03 bits per heavy atom. The van der Waals surface area contributed by atoms with Gasteiger partial charge in [-0.1, -0.05) is 0 Å². The molecule has 0 heterocycles. The number of halogens is 2. The van der Waals surface area contributed by atoms with Crippen molar-refractivity contribution >= 4 is 65.2 Å². The summed E-state index contributed by atoms with van der Waals surface area (Å²) in [5.74, 6) is 0. The molecule has 33 heavy (non-hydrogen) atoms. The number of hydrogen-bond donors (Lipinski definition) is 0. The van der Waals surface area contributed by atoms with Crippen LogP contribution in [0.2, 0.25) is 6.55 Å². The summed E-state index contributed by atoms with van der Waals surface area (Å²) in [4.78, 5) is 0. The van der Waals surface area contributed by atoms with Gasteiger partial charge in [-0.05, 0) is 0 Å². The van der Waals surface area contributed by atoms with Gasteiger partial charge in [-0.3, -0.25) is 0 Å². The van der Waals surface area contributed by atoms with E-state index in [2.05, 4.69) is 105 Å². The molecule has 0 N–H and O–H groups in total. The molecule has 2 aliphatic rings. The first-order valence-electron chi connectivity index (χ1n) is 11.4. The average Bonchev–Trinajstić information content (AvgIpc) is 3.31. The van der Waals surface area contributed by atoms with Crippen LogP contribution < -0.4 is 0 Å². The molecule has 0 spiro atoms. The molecule has 0 amide bonds. The summed E-state index contributed by atoms with van der Waals surface area (Å²) in [5, 5.41) is 5.62. The van der Waals surface area contributed by atoms with E-state index in [0.717, 1.165) is 7.25 Å². The Labute approximate surface area is 218 Å². The molecule has 2 aliphatic carbocycles. The van der Waals surface area contributed by atoms with Gasteiger partial charge in [-0.25, -0.2) is 0 Å². The molecule has 4 heteroatoms. The Hall–Kier alpha value is -1.44. The quantitative estimate of drug-likeness (QED) is 0.219. The molecule has 0 radical (unpaired) electrons. The molecule has 0 saturated heterocycles. The topological polar surface area (TPSA) is 0 Å². The first-order valence-corrected chi connectivity index (χ1v) is 21.6. The summed E-state index contributed by atoms with van der Waals surface area (Å²) < 4.78 is 1.48. The van der Waals surface area contributed by atoms with Crippen molar-refractivity contribution in [2.75, 3.05) is 0 Å². The summed E-state index contributed by atoms with van der Waals surface area (Å²) in [5.41, 5.74) is 9.58. The third kappa shape index (κ3) is 3.84. The van der Waals surface area contributed by atoms with Crippen molar-refractivity contribution in [2.45, 2.75) is 27.6 Å². The molecular formula is C29H29Cl2SiZr. The molecule has 0 nitrogen and oxygen atoms in total.